The van der Waals surface area contributed by atoms with E-state index in [4.69, 9.17) is 0 Å². The summed E-state index contributed by atoms with van der Waals surface area (Å²) in [5, 5.41) is 2.31. The van der Waals surface area contributed by atoms with E-state index in [1.54, 1.807) is 0 Å². The van der Waals surface area contributed by atoms with Gasteiger partial charge >= 0.3 is 0 Å². The summed E-state index contributed by atoms with van der Waals surface area (Å²) in [5.74, 6) is 0. The number of aromatic nitrogens is 1. The number of rotatable bonds is 3. The lowest BCUT2D eigenvalue weighted by molar-refractivity contribution is 0.112. The van der Waals surface area contributed by atoms with Crippen LogP contribution in [0.3, 0.4) is 0 Å². The number of carbonyl (C=O) groups is 1. The maximum absolute atomic E-state index is 11.4. The summed E-state index contributed by atoms with van der Waals surface area (Å²) in [7, 11) is 0. The van der Waals surface area contributed by atoms with Gasteiger partial charge in [-0.3, -0.25) is 4.79 Å². The molecule has 0 bridgehead atoms. The normalized spacial score (nSPS) is 11.2. The molecule has 0 unspecified atom stereocenters. The molecule has 1 aromatic heterocycles. The van der Waals surface area contributed by atoms with E-state index in [9.17, 15) is 4.79 Å². The fourth-order valence-corrected chi connectivity index (χ4v) is 2.61. The summed E-state index contributed by atoms with van der Waals surface area (Å²) < 4.78 is 0. The summed E-state index contributed by atoms with van der Waals surface area (Å²) in [6.45, 7) is 2.13. The first kappa shape index (κ1) is 11.0. The minimum absolute atomic E-state index is 0.811. The van der Waals surface area contributed by atoms with Gasteiger partial charge in [0.25, 0.3) is 0 Å². The van der Waals surface area contributed by atoms with Crippen LogP contribution in [0, 0.1) is 0 Å². The monoisotopic (exact) mass is 237 g/mol. The number of para-hydroxylation sites is 1. The van der Waals surface area contributed by atoms with Gasteiger partial charge in [0.1, 0.15) is 0 Å². The second-order valence-corrected chi connectivity index (χ2v) is 4.60. The van der Waals surface area contributed by atoms with Gasteiger partial charge < -0.3 is 4.98 Å². The fraction of sp³-hybridized carbons (Fsp3) is 0.188. The molecule has 2 heteroatoms. The number of hydrogen-bond donors (Lipinski definition) is 1. The maximum atomic E-state index is 11.4. The first-order chi connectivity index (χ1) is 8.85. The minimum Gasteiger partial charge on any atom is -0.354 e. The van der Waals surface area contributed by atoms with Crippen molar-refractivity contribution in [1.82, 2.24) is 4.98 Å². The Labute approximate surface area is 106 Å². The lowest BCUT2D eigenvalue weighted by Gasteiger charge is -2.04. The predicted octanol–water partition coefficient (Wildman–Crippen LogP) is 4.09. The Morgan fingerprint density at radius 1 is 1.11 bits per heavy atom. The van der Waals surface area contributed by atoms with Gasteiger partial charge in [-0.15, -0.1) is 0 Å². The van der Waals surface area contributed by atoms with Gasteiger partial charge in [-0.1, -0.05) is 43.7 Å². The molecule has 0 aliphatic heterocycles. The van der Waals surface area contributed by atoms with Crippen LogP contribution in [0.2, 0.25) is 0 Å². The first-order valence-electron chi connectivity index (χ1n) is 6.32. The molecule has 0 amide bonds. The van der Waals surface area contributed by atoms with Crippen LogP contribution in [0.4, 0.5) is 0 Å². The molecule has 90 valence electrons. The zero-order valence-electron chi connectivity index (χ0n) is 10.4. The highest BCUT2D eigenvalue weighted by molar-refractivity contribution is 6.12. The number of nitrogens with one attached hydrogen (secondary N) is 1. The predicted molar refractivity (Wildman–Crippen MR) is 75.2 cm³/mol. The molecule has 18 heavy (non-hydrogen) atoms. The second-order valence-electron chi connectivity index (χ2n) is 4.60. The molecule has 2 aromatic carbocycles. The van der Waals surface area contributed by atoms with Crippen molar-refractivity contribution in [3.05, 3.63) is 47.5 Å². The van der Waals surface area contributed by atoms with Crippen LogP contribution >= 0.6 is 0 Å². The lowest BCUT2D eigenvalue weighted by Crippen LogP contribution is -1.93. The van der Waals surface area contributed by atoms with E-state index in [2.05, 4.69) is 30.1 Å². The summed E-state index contributed by atoms with van der Waals surface area (Å²) >= 11 is 0. The van der Waals surface area contributed by atoms with Gasteiger partial charge in [0.05, 0.1) is 5.52 Å². The maximum Gasteiger partial charge on any atom is 0.152 e. The van der Waals surface area contributed by atoms with Crippen LogP contribution < -0.4 is 0 Å². The first-order valence-corrected chi connectivity index (χ1v) is 6.32. The molecular weight excluding hydrogens is 222 g/mol. The Kier molecular flexibility index (Phi) is 2.63. The molecule has 0 radical (unpaired) electrons. The van der Waals surface area contributed by atoms with Gasteiger partial charge in [-0.05, 0) is 18.1 Å². The van der Waals surface area contributed by atoms with Crippen molar-refractivity contribution in [1.29, 1.82) is 0 Å². The largest absolute Gasteiger partial charge is 0.354 e. The van der Waals surface area contributed by atoms with Gasteiger partial charge in [0, 0.05) is 21.9 Å². The standard InChI is InChI=1S/C16H15NO/c1-2-5-11-8-9-13-12-6-3-4-7-15(12)17-16(13)14(11)10-18/h3-4,6-10,17H,2,5H2,1H3. The number of aromatic amines is 1. The number of H-pyrrole nitrogens is 1. The van der Waals surface area contributed by atoms with Crippen molar-refractivity contribution in [2.45, 2.75) is 19.8 Å². The van der Waals surface area contributed by atoms with Crippen LogP contribution in [-0.4, -0.2) is 11.3 Å². The van der Waals surface area contributed by atoms with Crippen molar-refractivity contribution in [2.24, 2.45) is 0 Å². The van der Waals surface area contributed by atoms with Crippen LogP contribution in [0.15, 0.2) is 36.4 Å². The molecule has 1 N–H and O–H groups in total. The molecule has 3 rings (SSSR count). The van der Waals surface area contributed by atoms with Crippen LogP contribution in [0.5, 0.6) is 0 Å². The van der Waals surface area contributed by atoms with Crippen LogP contribution in [0.1, 0.15) is 29.3 Å². The van der Waals surface area contributed by atoms with E-state index < -0.39 is 0 Å². The van der Waals surface area contributed by atoms with Crippen molar-refractivity contribution in [2.75, 3.05) is 0 Å². The highest BCUT2D eigenvalue weighted by Crippen LogP contribution is 2.29. The molecule has 0 aliphatic rings. The van der Waals surface area contributed by atoms with E-state index in [1.165, 1.54) is 5.39 Å². The number of hydrogen-bond acceptors (Lipinski definition) is 1. The summed E-state index contributed by atoms with van der Waals surface area (Å²) in [6, 6.07) is 12.4. The quantitative estimate of drug-likeness (QED) is 0.684. The Balaban J connectivity index is 2.40. The smallest absolute Gasteiger partial charge is 0.152 e. The highest BCUT2D eigenvalue weighted by atomic mass is 16.1. The Morgan fingerprint density at radius 2 is 1.94 bits per heavy atom. The van der Waals surface area contributed by atoms with E-state index >= 15 is 0 Å². The van der Waals surface area contributed by atoms with Crippen LogP contribution in [-0.2, 0) is 6.42 Å². The molecule has 3 aromatic rings. The Morgan fingerprint density at radius 3 is 2.72 bits per heavy atom. The number of aldehydes is 1. The zero-order chi connectivity index (χ0) is 12.5. The van der Waals surface area contributed by atoms with Crippen molar-refractivity contribution >= 4 is 28.1 Å². The molecule has 0 saturated carbocycles. The molecule has 1 heterocycles. The third kappa shape index (κ3) is 1.53. The minimum atomic E-state index is 0.811. The summed E-state index contributed by atoms with van der Waals surface area (Å²) in [4.78, 5) is 14.7. The van der Waals surface area contributed by atoms with E-state index in [-0.39, 0.29) is 0 Å². The molecule has 0 aliphatic carbocycles. The van der Waals surface area contributed by atoms with E-state index in [0.29, 0.717) is 0 Å². The van der Waals surface area contributed by atoms with Crippen molar-refractivity contribution in [3.8, 4) is 0 Å². The van der Waals surface area contributed by atoms with E-state index in [1.807, 2.05) is 18.2 Å². The average molecular weight is 237 g/mol. The molecule has 0 atom stereocenters. The number of carbonyl (C=O) groups excluding carboxylic acids is 1. The molecular formula is C16H15NO. The topological polar surface area (TPSA) is 32.9 Å². The second kappa shape index (κ2) is 4.30. The molecule has 0 saturated heterocycles. The van der Waals surface area contributed by atoms with Gasteiger partial charge in [-0.2, -0.15) is 0 Å². The SMILES string of the molecule is CCCc1ccc2c([nH]c3ccccc32)c1C=O. The molecule has 0 fully saturated rings. The van der Waals surface area contributed by atoms with Crippen molar-refractivity contribution in [3.63, 3.8) is 0 Å². The third-order valence-corrected chi connectivity index (χ3v) is 3.45. The number of aryl methyl sites for hydroxylation is 1. The lowest BCUT2D eigenvalue weighted by atomic mass is 10.0. The highest BCUT2D eigenvalue weighted by Gasteiger charge is 2.10. The molecule has 2 nitrogen and oxygen atoms in total. The van der Waals surface area contributed by atoms with Gasteiger partial charge in [0.2, 0.25) is 0 Å². The number of fused-ring (bicyclic) bond motifs is 3. The fourth-order valence-electron chi connectivity index (χ4n) is 2.61. The van der Waals surface area contributed by atoms with Gasteiger partial charge in [-0.25, -0.2) is 0 Å². The summed E-state index contributed by atoms with van der Waals surface area (Å²) in [6.07, 6.45) is 2.97. The average Bonchev–Trinajstić information content (AvgIpc) is 2.77. The molecule has 0 spiro atoms. The van der Waals surface area contributed by atoms with Gasteiger partial charge in [0.15, 0.2) is 6.29 Å². The van der Waals surface area contributed by atoms with E-state index in [0.717, 1.165) is 46.7 Å². The third-order valence-electron chi connectivity index (χ3n) is 3.45. The Hall–Kier alpha value is -2.09. The number of benzene rings is 2. The van der Waals surface area contributed by atoms with Crippen molar-refractivity contribution < 1.29 is 4.79 Å². The van der Waals surface area contributed by atoms with Crippen LogP contribution in [0.25, 0.3) is 21.8 Å². The Bertz CT molecular complexity index is 724. The summed E-state index contributed by atoms with van der Waals surface area (Å²) in [5.41, 5.74) is 4.00. The zero-order valence-corrected chi connectivity index (χ0v) is 10.4.